The first-order valence-electron chi connectivity index (χ1n) is 6.09. The van der Waals surface area contributed by atoms with Crippen LogP contribution >= 0.6 is 0 Å². The molecule has 0 fully saturated rings. The second kappa shape index (κ2) is 6.49. The maximum absolute atomic E-state index is 12.9. The van der Waals surface area contributed by atoms with Crippen LogP contribution in [0.25, 0.3) is 0 Å². The van der Waals surface area contributed by atoms with Crippen molar-refractivity contribution in [3.8, 4) is 5.75 Å². The Hall–Kier alpha value is -1.92. The van der Waals surface area contributed by atoms with E-state index in [2.05, 4.69) is 0 Å². The SMILES string of the molecule is CCOC(=O)C(CC)Oc1ccc(N)cc1C(F)(F)F. The number of hydrogen-bond donors (Lipinski definition) is 1. The Morgan fingerprint density at radius 2 is 2.00 bits per heavy atom. The van der Waals surface area contributed by atoms with E-state index in [1.54, 1.807) is 13.8 Å². The van der Waals surface area contributed by atoms with Crippen LogP contribution in [0, 0.1) is 0 Å². The van der Waals surface area contributed by atoms with Crippen molar-refractivity contribution in [3.63, 3.8) is 0 Å². The summed E-state index contributed by atoms with van der Waals surface area (Å²) in [7, 11) is 0. The lowest BCUT2D eigenvalue weighted by molar-refractivity contribution is -0.153. The van der Waals surface area contributed by atoms with Crippen molar-refractivity contribution in [1.29, 1.82) is 0 Å². The molecule has 1 aromatic rings. The third kappa shape index (κ3) is 4.04. The largest absolute Gasteiger partial charge is 0.478 e. The van der Waals surface area contributed by atoms with Gasteiger partial charge in [-0.3, -0.25) is 0 Å². The van der Waals surface area contributed by atoms with Crippen LogP contribution in [0.1, 0.15) is 25.8 Å². The van der Waals surface area contributed by atoms with Gasteiger partial charge in [-0.05, 0) is 31.5 Å². The molecule has 0 aliphatic carbocycles. The van der Waals surface area contributed by atoms with E-state index in [0.717, 1.165) is 12.1 Å². The van der Waals surface area contributed by atoms with E-state index < -0.39 is 29.6 Å². The van der Waals surface area contributed by atoms with Crippen LogP contribution in [0.2, 0.25) is 0 Å². The molecule has 1 aromatic carbocycles. The molecule has 0 heterocycles. The molecule has 0 aliphatic rings. The van der Waals surface area contributed by atoms with Gasteiger partial charge < -0.3 is 15.2 Å². The standard InChI is InChI=1S/C13H16F3NO3/c1-3-10(12(18)19-4-2)20-11-6-5-8(17)7-9(11)13(14,15)16/h5-7,10H,3-4,17H2,1-2H3. The number of carbonyl (C=O) groups excluding carboxylic acids is 1. The van der Waals surface area contributed by atoms with Crippen molar-refractivity contribution < 1.29 is 27.4 Å². The number of benzene rings is 1. The molecule has 1 atom stereocenters. The fraction of sp³-hybridized carbons (Fsp3) is 0.462. The minimum absolute atomic E-state index is 0.0335. The molecule has 4 nitrogen and oxygen atoms in total. The molecule has 20 heavy (non-hydrogen) atoms. The van der Waals surface area contributed by atoms with Crippen molar-refractivity contribution in [2.75, 3.05) is 12.3 Å². The Morgan fingerprint density at radius 3 is 2.50 bits per heavy atom. The monoisotopic (exact) mass is 291 g/mol. The van der Waals surface area contributed by atoms with Gasteiger partial charge in [0.25, 0.3) is 0 Å². The highest BCUT2D eigenvalue weighted by molar-refractivity contribution is 5.75. The lowest BCUT2D eigenvalue weighted by Crippen LogP contribution is -2.29. The smallest absolute Gasteiger partial charge is 0.420 e. The van der Waals surface area contributed by atoms with Crippen molar-refractivity contribution in [3.05, 3.63) is 23.8 Å². The van der Waals surface area contributed by atoms with Gasteiger partial charge in [0.05, 0.1) is 12.2 Å². The molecule has 0 aliphatic heterocycles. The molecule has 1 rings (SSSR count). The summed E-state index contributed by atoms with van der Waals surface area (Å²) in [6.45, 7) is 3.35. The average molecular weight is 291 g/mol. The van der Waals surface area contributed by atoms with E-state index in [4.69, 9.17) is 15.2 Å². The van der Waals surface area contributed by atoms with Crippen molar-refractivity contribution >= 4 is 11.7 Å². The van der Waals surface area contributed by atoms with Crippen LogP contribution in [-0.4, -0.2) is 18.7 Å². The van der Waals surface area contributed by atoms with Gasteiger partial charge in [-0.1, -0.05) is 6.92 Å². The van der Waals surface area contributed by atoms with Gasteiger partial charge in [-0.2, -0.15) is 13.2 Å². The van der Waals surface area contributed by atoms with Gasteiger partial charge in [0, 0.05) is 5.69 Å². The Labute approximate surface area is 114 Å². The second-order valence-electron chi connectivity index (χ2n) is 4.02. The molecule has 112 valence electrons. The number of hydrogen-bond acceptors (Lipinski definition) is 4. The fourth-order valence-electron chi connectivity index (χ4n) is 1.56. The average Bonchev–Trinajstić information content (AvgIpc) is 2.36. The van der Waals surface area contributed by atoms with E-state index >= 15 is 0 Å². The Kier molecular flexibility index (Phi) is 5.24. The van der Waals surface area contributed by atoms with Crippen LogP contribution in [0.15, 0.2) is 18.2 Å². The summed E-state index contributed by atoms with van der Waals surface area (Å²) in [4.78, 5) is 11.6. The molecular weight excluding hydrogens is 275 g/mol. The third-order valence-electron chi connectivity index (χ3n) is 2.50. The number of nitrogens with two attached hydrogens (primary N) is 1. The third-order valence-corrected chi connectivity index (χ3v) is 2.50. The topological polar surface area (TPSA) is 61.5 Å². The van der Waals surface area contributed by atoms with E-state index in [1.165, 1.54) is 6.07 Å². The number of halogens is 3. The quantitative estimate of drug-likeness (QED) is 0.669. The first-order chi connectivity index (χ1) is 9.29. The maximum Gasteiger partial charge on any atom is 0.420 e. The number of carbonyl (C=O) groups is 1. The van der Waals surface area contributed by atoms with Crippen LogP contribution in [0.5, 0.6) is 5.75 Å². The normalized spacial score (nSPS) is 12.8. The highest BCUT2D eigenvalue weighted by Crippen LogP contribution is 2.38. The Morgan fingerprint density at radius 1 is 1.35 bits per heavy atom. The molecular formula is C13H16F3NO3. The highest BCUT2D eigenvalue weighted by atomic mass is 19.4. The van der Waals surface area contributed by atoms with E-state index in [-0.39, 0.29) is 18.7 Å². The highest BCUT2D eigenvalue weighted by Gasteiger charge is 2.35. The van der Waals surface area contributed by atoms with Crippen LogP contribution in [-0.2, 0) is 15.7 Å². The van der Waals surface area contributed by atoms with Crippen molar-refractivity contribution in [1.82, 2.24) is 0 Å². The molecule has 0 saturated carbocycles. The summed E-state index contributed by atoms with van der Waals surface area (Å²) >= 11 is 0. The molecule has 1 unspecified atom stereocenters. The summed E-state index contributed by atoms with van der Waals surface area (Å²) in [6.07, 6.45) is -5.50. The second-order valence-corrected chi connectivity index (χ2v) is 4.02. The minimum atomic E-state index is -4.61. The van der Waals surface area contributed by atoms with E-state index in [1.807, 2.05) is 0 Å². The van der Waals surface area contributed by atoms with Crippen LogP contribution in [0.4, 0.5) is 18.9 Å². The first kappa shape index (κ1) is 16.1. The molecule has 7 heteroatoms. The zero-order valence-corrected chi connectivity index (χ0v) is 11.2. The zero-order valence-electron chi connectivity index (χ0n) is 11.2. The first-order valence-corrected chi connectivity index (χ1v) is 6.09. The van der Waals surface area contributed by atoms with E-state index in [9.17, 15) is 18.0 Å². The molecule has 0 radical (unpaired) electrons. The summed E-state index contributed by atoms with van der Waals surface area (Å²) in [5.74, 6) is -1.13. The van der Waals surface area contributed by atoms with Crippen LogP contribution < -0.4 is 10.5 Å². The minimum Gasteiger partial charge on any atom is -0.478 e. The summed E-state index contributed by atoms with van der Waals surface area (Å²) in [5, 5.41) is 0. The number of alkyl halides is 3. The lowest BCUT2D eigenvalue weighted by atomic mass is 10.1. The predicted octanol–water partition coefficient (Wildman–Crippen LogP) is 3.01. The molecule has 0 spiro atoms. The number of rotatable bonds is 5. The number of ether oxygens (including phenoxy) is 2. The Balaban J connectivity index is 3.04. The molecule has 2 N–H and O–H groups in total. The summed E-state index contributed by atoms with van der Waals surface area (Å²) in [6, 6.07) is 3.15. The number of esters is 1. The predicted molar refractivity (Wildman–Crippen MR) is 67.2 cm³/mol. The summed E-state index contributed by atoms with van der Waals surface area (Å²) < 4.78 is 48.5. The Bertz CT molecular complexity index is 474. The van der Waals surface area contributed by atoms with Gasteiger partial charge >= 0.3 is 12.1 Å². The van der Waals surface area contributed by atoms with Gasteiger partial charge in [-0.15, -0.1) is 0 Å². The molecule has 0 bridgehead atoms. The zero-order chi connectivity index (χ0) is 15.3. The van der Waals surface area contributed by atoms with Gasteiger partial charge in [0.1, 0.15) is 5.75 Å². The molecule has 0 saturated heterocycles. The van der Waals surface area contributed by atoms with Crippen molar-refractivity contribution in [2.45, 2.75) is 32.5 Å². The van der Waals surface area contributed by atoms with Gasteiger partial charge in [0.15, 0.2) is 6.10 Å². The number of anilines is 1. The van der Waals surface area contributed by atoms with Crippen LogP contribution in [0.3, 0.4) is 0 Å². The lowest BCUT2D eigenvalue weighted by Gasteiger charge is -2.19. The molecule has 0 amide bonds. The van der Waals surface area contributed by atoms with Gasteiger partial charge in [0.2, 0.25) is 0 Å². The van der Waals surface area contributed by atoms with Gasteiger partial charge in [-0.25, -0.2) is 4.79 Å². The fourth-order valence-corrected chi connectivity index (χ4v) is 1.56. The van der Waals surface area contributed by atoms with Crippen molar-refractivity contribution in [2.24, 2.45) is 0 Å². The van der Waals surface area contributed by atoms with E-state index in [0.29, 0.717) is 0 Å². The molecule has 0 aromatic heterocycles. The summed E-state index contributed by atoms with van der Waals surface area (Å²) in [5.41, 5.74) is 4.30. The number of nitrogen functional groups attached to an aromatic ring is 1. The maximum atomic E-state index is 12.9.